The molecule has 2 aliphatic heterocycles. The maximum Gasteiger partial charge on any atom is 0.300 e. The van der Waals surface area contributed by atoms with Crippen LogP contribution in [0.15, 0.2) is 0 Å². The molecule has 0 aromatic carbocycles. The van der Waals surface area contributed by atoms with Crippen LogP contribution in [0.5, 0.6) is 0 Å². The number of nitrogens with one attached hydrogen (secondary N) is 1. The van der Waals surface area contributed by atoms with Crippen LogP contribution in [0.4, 0.5) is 0 Å². The molecule has 0 spiro atoms. The minimum atomic E-state index is -6.11. The van der Waals surface area contributed by atoms with Crippen molar-refractivity contribution >= 4 is 36.3 Å². The molecule has 2 heterocycles. The predicted molar refractivity (Wildman–Crippen MR) is 112 cm³/mol. The molecule has 1 amide bonds. The van der Waals surface area contributed by atoms with Crippen LogP contribution in [-0.4, -0.2) is 152 Å². The molecule has 2 fully saturated rings. The second-order valence-corrected chi connectivity index (χ2v) is 12.8. The van der Waals surface area contributed by atoms with Crippen molar-refractivity contribution < 1.29 is 93.7 Å². The molecule has 2 saturated heterocycles. The van der Waals surface area contributed by atoms with Crippen LogP contribution in [0.3, 0.4) is 0 Å². The van der Waals surface area contributed by atoms with Crippen molar-refractivity contribution in [3.63, 3.8) is 0 Å². The van der Waals surface area contributed by atoms with Crippen molar-refractivity contribution in [1.29, 1.82) is 0 Å². The summed E-state index contributed by atoms with van der Waals surface area (Å²) >= 11 is 0. The van der Waals surface area contributed by atoms with Crippen LogP contribution in [0.25, 0.3) is 0 Å². The molecule has 24 heteroatoms. The van der Waals surface area contributed by atoms with E-state index in [-0.39, 0.29) is 0 Å². The van der Waals surface area contributed by atoms with Gasteiger partial charge < -0.3 is 55.3 Å². The van der Waals surface area contributed by atoms with Gasteiger partial charge in [0.1, 0.15) is 42.7 Å². The molecule has 0 aromatic heterocycles. The highest BCUT2D eigenvalue weighted by atomic mass is 32.2. The van der Waals surface area contributed by atoms with Gasteiger partial charge in [-0.1, -0.05) is 0 Å². The van der Waals surface area contributed by atoms with E-state index in [1.807, 2.05) is 0 Å². The molecule has 0 bridgehead atoms. The average Bonchev–Trinajstić information content (AvgIpc) is 2.75. The SMILES string of the molecule is CC(=O)N[C@H]1C(O)O[C@H](C(O)S(=O)(=O)O)[C@@H](O[C@@H]2O[C@H](C(O)S(=O)(=O)O)[C@H](O)[C@H](O)[C@H]2O)[C@@]1(O)S(=O)(=O)O. The molecule has 38 heavy (non-hydrogen) atoms. The van der Waals surface area contributed by atoms with Gasteiger partial charge in [0.15, 0.2) is 12.6 Å². The van der Waals surface area contributed by atoms with Gasteiger partial charge in [-0.05, 0) is 0 Å². The van der Waals surface area contributed by atoms with Crippen molar-refractivity contribution in [3.05, 3.63) is 0 Å². The van der Waals surface area contributed by atoms with Gasteiger partial charge in [0.05, 0.1) is 0 Å². The molecule has 0 radical (unpaired) electrons. The Balaban J connectivity index is 2.70. The zero-order valence-electron chi connectivity index (χ0n) is 18.6. The Morgan fingerprint density at radius 1 is 0.842 bits per heavy atom. The highest BCUT2D eigenvalue weighted by Gasteiger charge is 2.68. The topological polar surface area (TPSA) is 362 Å². The second-order valence-electron chi connectivity index (χ2n) is 8.20. The lowest BCUT2D eigenvalue weighted by atomic mass is 9.94. The number of hydrogen-bond donors (Lipinski definition) is 11. The first-order valence-corrected chi connectivity index (χ1v) is 14.3. The molecule has 224 valence electrons. The Bertz CT molecular complexity index is 1210. The molecule has 2 rings (SSSR count). The fourth-order valence-electron chi connectivity index (χ4n) is 3.73. The predicted octanol–water partition coefficient (Wildman–Crippen LogP) is -7.61. The summed E-state index contributed by atoms with van der Waals surface area (Å²) in [6.07, 6.45) is -21.8. The van der Waals surface area contributed by atoms with E-state index in [4.69, 9.17) is 18.8 Å². The quantitative estimate of drug-likeness (QED) is 0.112. The first kappa shape index (κ1) is 33.0. The number of amides is 1. The summed E-state index contributed by atoms with van der Waals surface area (Å²) in [7, 11) is -17.3. The minimum Gasteiger partial charge on any atom is -0.387 e. The fourth-order valence-corrected chi connectivity index (χ4v) is 5.81. The molecular weight excluding hydrogens is 598 g/mol. The number of carbonyl (C=O) groups excluding carboxylic acids is 1. The van der Waals surface area contributed by atoms with Crippen molar-refractivity contribution in [2.24, 2.45) is 0 Å². The van der Waals surface area contributed by atoms with E-state index in [2.05, 4.69) is 0 Å². The normalized spacial score (nSPS) is 40.8. The number of aliphatic hydroxyl groups is 7. The Labute approximate surface area is 213 Å². The zero-order valence-corrected chi connectivity index (χ0v) is 21.1. The number of ether oxygens (including phenoxy) is 3. The van der Waals surface area contributed by atoms with Crippen molar-refractivity contribution in [2.75, 3.05) is 0 Å². The Morgan fingerprint density at radius 3 is 1.74 bits per heavy atom. The van der Waals surface area contributed by atoms with Crippen LogP contribution in [0.1, 0.15) is 6.92 Å². The van der Waals surface area contributed by atoms with Gasteiger partial charge in [-0.25, -0.2) is 0 Å². The van der Waals surface area contributed by atoms with Crippen LogP contribution in [0, 0.1) is 0 Å². The average molecular weight is 624 g/mol. The van der Waals surface area contributed by atoms with Gasteiger partial charge in [-0.15, -0.1) is 0 Å². The lowest BCUT2D eigenvalue weighted by Crippen LogP contribution is -2.77. The summed E-state index contributed by atoms with van der Waals surface area (Å²) < 4.78 is 113. The third kappa shape index (κ3) is 6.24. The summed E-state index contributed by atoms with van der Waals surface area (Å²) in [5.41, 5.74) is -6.38. The van der Waals surface area contributed by atoms with Gasteiger partial charge in [0.2, 0.25) is 21.7 Å². The number of aliphatic hydroxyl groups excluding tert-OH is 6. The number of rotatable bonds is 8. The molecule has 0 aromatic rings. The molecule has 0 aliphatic carbocycles. The maximum absolute atomic E-state index is 12.3. The Hall–Kier alpha value is -1.20. The van der Waals surface area contributed by atoms with Crippen LogP contribution >= 0.6 is 0 Å². The molecular formula is C14H25NO20S3. The van der Waals surface area contributed by atoms with E-state index < -0.39 is 107 Å². The Kier molecular flexibility index (Phi) is 9.55. The summed E-state index contributed by atoms with van der Waals surface area (Å²) in [6, 6.07) is -2.68. The fraction of sp³-hybridized carbons (Fsp3) is 0.929. The van der Waals surface area contributed by atoms with Crippen LogP contribution in [-0.2, 0) is 49.4 Å². The van der Waals surface area contributed by atoms with Crippen molar-refractivity contribution in [3.8, 4) is 0 Å². The molecule has 11 N–H and O–H groups in total. The first-order valence-electron chi connectivity index (χ1n) is 9.90. The lowest BCUT2D eigenvalue weighted by molar-refractivity contribution is -0.354. The van der Waals surface area contributed by atoms with Gasteiger partial charge in [0, 0.05) is 6.92 Å². The highest BCUT2D eigenvalue weighted by Crippen LogP contribution is 2.39. The van der Waals surface area contributed by atoms with E-state index in [1.165, 1.54) is 0 Å². The number of carbonyl (C=O) groups is 1. The molecule has 21 nitrogen and oxygen atoms in total. The van der Waals surface area contributed by atoms with Crippen molar-refractivity contribution in [1.82, 2.24) is 5.32 Å². The van der Waals surface area contributed by atoms with E-state index in [0.29, 0.717) is 6.92 Å². The highest BCUT2D eigenvalue weighted by molar-refractivity contribution is 7.87. The molecule has 12 atom stereocenters. The lowest BCUT2D eigenvalue weighted by Gasteiger charge is -2.51. The number of hydrogen-bond acceptors (Lipinski definition) is 17. The summed E-state index contributed by atoms with van der Waals surface area (Å²) in [4.78, 5) is 7.42. The van der Waals surface area contributed by atoms with Crippen molar-refractivity contribution in [2.45, 2.75) is 78.0 Å². The summed E-state index contributed by atoms with van der Waals surface area (Å²) in [6.45, 7) is 0.708. The van der Waals surface area contributed by atoms with E-state index in [9.17, 15) is 74.9 Å². The molecule has 3 unspecified atom stereocenters. The zero-order chi connectivity index (χ0) is 29.8. The van der Waals surface area contributed by atoms with E-state index in [0.717, 1.165) is 0 Å². The van der Waals surface area contributed by atoms with Crippen LogP contribution < -0.4 is 5.32 Å². The van der Waals surface area contributed by atoms with Gasteiger partial charge in [0.25, 0.3) is 30.4 Å². The van der Waals surface area contributed by atoms with Gasteiger partial charge in [-0.3, -0.25) is 18.5 Å². The standard InChI is InChI=1S/C14H25NO20S3/c1-2(16)15-8-10(20)33-7(12(22)37(27,28)29)9(14(8,23)38(30,31)32)35-13-5(19)3(17)4(18)6(34-13)11(21)36(24,25)26/h3-13,17-23H,1H3,(H,15,16)(H,24,25,26)(H,27,28,29)(H,30,31,32)/t3-,4+,5+,6-,7-,8-,9+,10?,11?,12?,13-,14-/m0/s1. The molecule has 2 aliphatic rings. The van der Waals surface area contributed by atoms with Gasteiger partial charge >= 0.3 is 0 Å². The monoisotopic (exact) mass is 623 g/mol. The summed E-state index contributed by atoms with van der Waals surface area (Å²) in [5.74, 6) is -1.21. The summed E-state index contributed by atoms with van der Waals surface area (Å²) in [5, 5.41) is 72.8. The minimum absolute atomic E-state index is 0.708. The first-order chi connectivity index (χ1) is 17.0. The van der Waals surface area contributed by atoms with E-state index >= 15 is 0 Å². The third-order valence-electron chi connectivity index (χ3n) is 5.57. The smallest absolute Gasteiger partial charge is 0.300 e. The van der Waals surface area contributed by atoms with Crippen LogP contribution in [0.2, 0.25) is 0 Å². The van der Waals surface area contributed by atoms with Gasteiger partial charge in [-0.2, -0.15) is 25.3 Å². The second kappa shape index (κ2) is 11.0. The van der Waals surface area contributed by atoms with E-state index in [1.54, 1.807) is 5.32 Å². The maximum atomic E-state index is 12.3. The molecule has 0 saturated carbocycles. The largest absolute Gasteiger partial charge is 0.387 e. The third-order valence-corrected chi connectivity index (χ3v) is 8.63. The Morgan fingerprint density at radius 2 is 1.32 bits per heavy atom.